The fraction of sp³-hybridized carbons (Fsp3) is 0.769. The highest BCUT2D eigenvalue weighted by molar-refractivity contribution is 6.01. The molecule has 0 aromatic heterocycles. The number of allylic oxidation sites excluding steroid dienone is 4. The maximum atomic E-state index is 14.6. The molecule has 0 bridgehead atoms. The van der Waals surface area contributed by atoms with Crippen LogP contribution in [0.1, 0.15) is 104 Å². The number of ketones is 2. The Kier molecular flexibility index (Phi) is 14.7. The molecule has 19 nitrogen and oxygen atoms in total. The summed E-state index contributed by atoms with van der Waals surface area (Å²) in [6.45, 7) is 4.70. The maximum Gasteiger partial charge on any atom is 0.329 e. The van der Waals surface area contributed by atoms with Gasteiger partial charge in [0.2, 0.25) is 11.7 Å². The zero-order valence-corrected chi connectivity index (χ0v) is 33.3. The molecule has 5 aliphatic rings. The van der Waals surface area contributed by atoms with Gasteiger partial charge in [-0.15, -0.1) is 20.2 Å². The number of nitrogens with zero attached hydrogens (tertiary/aromatic N) is 2. The Bertz CT molecular complexity index is 1650. The minimum Gasteiger partial charge on any atom is -0.464 e. The van der Waals surface area contributed by atoms with Crippen LogP contribution in [0.25, 0.3) is 0 Å². The van der Waals surface area contributed by atoms with Gasteiger partial charge in [0, 0.05) is 23.2 Å². The lowest BCUT2D eigenvalue weighted by molar-refractivity contribution is -0.757. The summed E-state index contributed by atoms with van der Waals surface area (Å²) < 4.78 is 23.8. The summed E-state index contributed by atoms with van der Waals surface area (Å²) in [6.07, 6.45) is 6.91. The van der Waals surface area contributed by atoms with E-state index in [1.807, 2.05) is 19.9 Å². The molecule has 1 saturated heterocycles. The Labute approximate surface area is 335 Å². The molecule has 5 unspecified atom stereocenters. The van der Waals surface area contributed by atoms with E-state index in [4.69, 9.17) is 18.9 Å². The smallest absolute Gasteiger partial charge is 0.329 e. The molecular formula is C39H55N3O16. The van der Waals surface area contributed by atoms with Gasteiger partial charge in [-0.1, -0.05) is 45.3 Å². The predicted octanol–water partition coefficient (Wildman–Crippen LogP) is 3.44. The van der Waals surface area contributed by atoms with Crippen molar-refractivity contribution >= 4 is 29.4 Å². The number of carbonyl (C=O) groups excluding carboxylic acids is 5. The van der Waals surface area contributed by atoms with Crippen LogP contribution in [0.4, 0.5) is 0 Å². The Morgan fingerprint density at radius 2 is 1.71 bits per heavy atom. The van der Waals surface area contributed by atoms with Gasteiger partial charge in [-0.2, -0.15) is 0 Å². The van der Waals surface area contributed by atoms with E-state index in [2.05, 4.69) is 21.9 Å². The van der Waals surface area contributed by atoms with Crippen molar-refractivity contribution in [3.05, 3.63) is 44.0 Å². The number of hydrogen-bond acceptors (Lipinski definition) is 16. The molecule has 1 aliphatic heterocycles. The number of esters is 2. The van der Waals surface area contributed by atoms with E-state index in [9.17, 15) is 49.3 Å². The second-order valence-electron chi connectivity index (χ2n) is 16.4. The van der Waals surface area contributed by atoms with Crippen molar-refractivity contribution in [1.82, 2.24) is 5.32 Å². The van der Waals surface area contributed by atoms with E-state index in [-0.39, 0.29) is 69.0 Å². The number of unbranched alkanes of at least 4 members (excludes halogenated alkanes) is 3. The van der Waals surface area contributed by atoms with Gasteiger partial charge in [0.25, 0.3) is 10.2 Å². The highest BCUT2D eigenvalue weighted by atomic mass is 17.0. The van der Waals surface area contributed by atoms with E-state index in [1.54, 1.807) is 12.2 Å². The fourth-order valence-electron chi connectivity index (χ4n) is 10.3. The average molecular weight is 822 g/mol. The molecule has 1 amide bonds. The van der Waals surface area contributed by atoms with Crippen molar-refractivity contribution in [2.75, 3.05) is 26.4 Å². The summed E-state index contributed by atoms with van der Waals surface area (Å²) in [5, 5.41) is 33.3. The molecule has 4 fully saturated rings. The monoisotopic (exact) mass is 821 g/mol. The van der Waals surface area contributed by atoms with Crippen LogP contribution in [0.5, 0.6) is 0 Å². The molecule has 1 heterocycles. The van der Waals surface area contributed by atoms with E-state index < -0.39 is 87.8 Å². The second kappa shape index (κ2) is 19.1. The highest BCUT2D eigenvalue weighted by Gasteiger charge is 2.76. The quantitative estimate of drug-likeness (QED) is 0.0686. The van der Waals surface area contributed by atoms with Gasteiger partial charge in [0.05, 0.1) is 38.4 Å². The van der Waals surface area contributed by atoms with Crippen molar-refractivity contribution in [2.24, 2.45) is 28.6 Å². The summed E-state index contributed by atoms with van der Waals surface area (Å²) in [6, 6.07) is -1.50. The summed E-state index contributed by atoms with van der Waals surface area (Å²) in [4.78, 5) is 95.3. The molecule has 5 rings (SSSR count). The molecule has 19 heteroatoms. The third kappa shape index (κ3) is 9.52. The first-order valence-electron chi connectivity index (χ1n) is 20.2. The molecule has 4 aliphatic carbocycles. The Morgan fingerprint density at radius 3 is 2.40 bits per heavy atom. The van der Waals surface area contributed by atoms with Crippen LogP contribution < -0.4 is 5.32 Å². The van der Waals surface area contributed by atoms with Gasteiger partial charge in [0.15, 0.2) is 24.3 Å². The third-order valence-electron chi connectivity index (χ3n) is 12.8. The van der Waals surface area contributed by atoms with Crippen molar-refractivity contribution in [3.8, 4) is 0 Å². The van der Waals surface area contributed by atoms with E-state index in [1.165, 1.54) is 0 Å². The van der Waals surface area contributed by atoms with Crippen LogP contribution in [-0.2, 0) is 52.6 Å². The van der Waals surface area contributed by atoms with E-state index in [0.717, 1.165) is 5.57 Å². The zero-order valence-electron chi connectivity index (χ0n) is 33.3. The van der Waals surface area contributed by atoms with E-state index >= 15 is 0 Å². The molecule has 10 atom stereocenters. The number of Topliss-reactive ketones (excluding diaryl/α,β-unsaturated/α-hetero) is 1. The van der Waals surface area contributed by atoms with E-state index in [0.29, 0.717) is 51.4 Å². The first-order chi connectivity index (χ1) is 27.5. The van der Waals surface area contributed by atoms with Crippen LogP contribution in [0.15, 0.2) is 23.8 Å². The number of aliphatic hydroxyl groups is 1. The number of amides is 1. The minimum absolute atomic E-state index is 0.0197. The molecule has 2 N–H and O–H groups in total. The van der Waals surface area contributed by atoms with Crippen molar-refractivity contribution in [3.63, 3.8) is 0 Å². The Hall–Kier alpha value is -4.49. The number of nitrogens with one attached hydrogen (secondary N) is 1. The third-order valence-corrected chi connectivity index (χ3v) is 12.8. The van der Waals surface area contributed by atoms with Gasteiger partial charge >= 0.3 is 11.9 Å². The average Bonchev–Trinajstić information content (AvgIpc) is 3.64. The summed E-state index contributed by atoms with van der Waals surface area (Å²) >= 11 is 0. The van der Waals surface area contributed by atoms with Crippen molar-refractivity contribution in [1.29, 1.82) is 0 Å². The van der Waals surface area contributed by atoms with Gasteiger partial charge in [-0.3, -0.25) is 19.2 Å². The first kappa shape index (κ1) is 44.6. The van der Waals surface area contributed by atoms with Gasteiger partial charge < -0.3 is 39.0 Å². The normalized spacial score (nSPS) is 32.3. The number of carbonyl (C=O) groups is 5. The lowest BCUT2D eigenvalue weighted by atomic mass is 9.46. The number of fused-ring (bicyclic) bond motifs is 7. The molecule has 58 heavy (non-hydrogen) atoms. The van der Waals surface area contributed by atoms with Gasteiger partial charge in [-0.25, -0.2) is 4.79 Å². The molecule has 3 saturated carbocycles. The number of ether oxygens (including phenoxy) is 4. The van der Waals surface area contributed by atoms with Crippen LogP contribution in [0.3, 0.4) is 0 Å². The zero-order chi connectivity index (χ0) is 42.3. The molecule has 0 spiro atoms. The maximum absolute atomic E-state index is 14.6. The molecule has 322 valence electrons. The van der Waals surface area contributed by atoms with Crippen LogP contribution in [0, 0.1) is 48.8 Å². The van der Waals surface area contributed by atoms with Gasteiger partial charge in [0.1, 0.15) is 6.04 Å². The lowest BCUT2D eigenvalue weighted by Crippen LogP contribution is -2.63. The highest BCUT2D eigenvalue weighted by Crippen LogP contribution is 2.69. The van der Waals surface area contributed by atoms with Crippen molar-refractivity contribution in [2.45, 2.75) is 134 Å². The van der Waals surface area contributed by atoms with Crippen LogP contribution >= 0.6 is 0 Å². The number of aliphatic hydroxyl groups excluding tert-OH is 1. The first-order valence-corrected chi connectivity index (χ1v) is 20.2. The molecule has 0 aromatic rings. The number of rotatable bonds is 22. The topological polar surface area (TPSA) is 259 Å². The summed E-state index contributed by atoms with van der Waals surface area (Å²) in [7, 11) is 0. The Balaban J connectivity index is 1.26. The molecule has 0 aromatic carbocycles. The molecule has 0 radical (unpaired) electrons. The summed E-state index contributed by atoms with van der Waals surface area (Å²) in [5.74, 6) is -3.47. The minimum atomic E-state index is -1.55. The fourth-order valence-corrected chi connectivity index (χ4v) is 10.3. The Morgan fingerprint density at radius 1 is 1.02 bits per heavy atom. The van der Waals surface area contributed by atoms with Crippen molar-refractivity contribution < 1.29 is 67.9 Å². The largest absolute Gasteiger partial charge is 0.464 e. The SMILES string of the molecule is CCCC1O[C@@H]2CC3C4CCC5=CC(=O)C=C[C@]5(C)C4[C@@H](O)C[C@]3(C)[C@@]2(C(=O)COC(=O)CC(NC(=O)CCCCCO[N+](=O)[O-])C(=O)OCCCCO[N+](=O)[O-])O1. The van der Waals surface area contributed by atoms with Crippen LogP contribution in [0.2, 0.25) is 0 Å². The lowest BCUT2D eigenvalue weighted by Gasteiger charge is -2.59. The predicted molar refractivity (Wildman–Crippen MR) is 198 cm³/mol. The molecular weight excluding hydrogens is 766 g/mol. The number of hydrogen-bond donors (Lipinski definition) is 2. The second-order valence-corrected chi connectivity index (χ2v) is 16.4. The summed E-state index contributed by atoms with van der Waals surface area (Å²) in [5.41, 5.74) is -1.98. The van der Waals surface area contributed by atoms with Gasteiger partial charge in [-0.05, 0) is 81.8 Å². The standard InChI is InChI=1S/C39H55N3O16/c1-4-10-34-57-31-20-27-26-13-12-24-19-25(43)14-15-37(24,2)35(26)29(44)22-38(27,3)39(31,58-34)30(45)23-54-33(47)21-28(36(48)53-16-8-9-18-56-42(51)52)40-32(46)11-6-5-7-17-55-41(49)50/h14-15,19,26-29,31,34-35,44H,4-13,16-18,20-23H2,1-3H3,(H,40,46)/t26?,27?,28?,29-,31+,34?,35?,37-,38-,39-/m0/s1. The van der Waals surface area contributed by atoms with Crippen LogP contribution in [-0.4, -0.2) is 101 Å².